The number of carbonyl (C=O) groups is 1. The van der Waals surface area contributed by atoms with E-state index < -0.39 is 0 Å². The van der Waals surface area contributed by atoms with Gasteiger partial charge in [-0.1, -0.05) is 44.2 Å². The van der Waals surface area contributed by atoms with Gasteiger partial charge in [0, 0.05) is 31.1 Å². The number of nitrogens with zero attached hydrogens (tertiary/aromatic N) is 2. The minimum absolute atomic E-state index is 0.000557. The first-order chi connectivity index (χ1) is 14.9. The highest BCUT2D eigenvalue weighted by Crippen LogP contribution is 2.30. The predicted octanol–water partition coefficient (Wildman–Crippen LogP) is 4.34. The molecule has 1 aliphatic heterocycles. The summed E-state index contributed by atoms with van der Waals surface area (Å²) in [4.78, 5) is 17.2. The van der Waals surface area contributed by atoms with Crippen molar-refractivity contribution in [3.63, 3.8) is 0 Å². The van der Waals surface area contributed by atoms with Crippen LogP contribution in [-0.2, 0) is 17.8 Å². The molecular weight excluding hydrogens is 388 g/mol. The first kappa shape index (κ1) is 23.1. The second-order valence-electron chi connectivity index (χ2n) is 8.97. The maximum atomic E-state index is 12.8. The van der Waals surface area contributed by atoms with Crippen molar-refractivity contribution in [1.29, 1.82) is 0 Å². The molecule has 5 nitrogen and oxygen atoms in total. The Morgan fingerprint density at radius 3 is 2.45 bits per heavy atom. The normalized spacial score (nSPS) is 16.3. The molecule has 2 aromatic carbocycles. The number of hydrogen-bond donors (Lipinski definition) is 1. The topological polar surface area (TPSA) is 53.0 Å². The molecule has 2 aromatic rings. The van der Waals surface area contributed by atoms with E-state index in [2.05, 4.69) is 29.2 Å². The summed E-state index contributed by atoms with van der Waals surface area (Å²) in [6.45, 7) is 6.57. The molecular formula is C26H36N2O3. The number of benzene rings is 2. The zero-order valence-electron chi connectivity index (χ0n) is 19.3. The molecule has 0 aliphatic carbocycles. The number of amides is 1. The summed E-state index contributed by atoms with van der Waals surface area (Å²) in [5.74, 6) is 1.75. The van der Waals surface area contributed by atoms with Crippen LogP contribution in [0.3, 0.4) is 0 Å². The lowest BCUT2D eigenvalue weighted by Gasteiger charge is -2.40. The van der Waals surface area contributed by atoms with Gasteiger partial charge in [-0.25, -0.2) is 0 Å². The molecule has 3 rings (SSSR count). The first-order valence-corrected chi connectivity index (χ1v) is 11.3. The van der Waals surface area contributed by atoms with Crippen LogP contribution >= 0.6 is 0 Å². The third kappa shape index (κ3) is 6.01. The van der Waals surface area contributed by atoms with Crippen molar-refractivity contribution in [3.05, 3.63) is 59.7 Å². The average Bonchev–Trinajstić information content (AvgIpc) is 2.79. The van der Waals surface area contributed by atoms with Crippen molar-refractivity contribution >= 4 is 5.91 Å². The van der Waals surface area contributed by atoms with E-state index in [9.17, 15) is 9.90 Å². The molecule has 1 amide bonds. The SMILES string of the molecule is COc1ccc(O)c(CN2CCC([C@H](Cc3ccccc3)N(C)C(=O)C(C)C)CC2)c1. The molecule has 1 aliphatic rings. The van der Waals surface area contributed by atoms with Crippen molar-refractivity contribution in [2.75, 3.05) is 27.2 Å². The third-order valence-corrected chi connectivity index (χ3v) is 6.48. The van der Waals surface area contributed by atoms with Crippen molar-refractivity contribution in [2.24, 2.45) is 11.8 Å². The first-order valence-electron chi connectivity index (χ1n) is 11.3. The molecule has 1 N–H and O–H groups in total. The van der Waals surface area contributed by atoms with E-state index >= 15 is 0 Å². The lowest BCUT2D eigenvalue weighted by molar-refractivity contribution is -0.136. The van der Waals surface area contributed by atoms with Gasteiger partial charge in [0.2, 0.25) is 5.91 Å². The van der Waals surface area contributed by atoms with E-state index in [0.717, 1.165) is 43.7 Å². The van der Waals surface area contributed by atoms with Gasteiger partial charge in [0.15, 0.2) is 0 Å². The summed E-state index contributed by atoms with van der Waals surface area (Å²) in [6.07, 6.45) is 2.97. The number of phenols is 1. The number of likely N-dealkylation sites (tertiary alicyclic amines) is 1. The Kier molecular flexibility index (Phi) is 7.97. The van der Waals surface area contributed by atoms with Crippen molar-refractivity contribution in [3.8, 4) is 11.5 Å². The fourth-order valence-corrected chi connectivity index (χ4v) is 4.60. The molecule has 0 bridgehead atoms. The van der Waals surface area contributed by atoms with Crippen LogP contribution in [0, 0.1) is 11.8 Å². The highest BCUT2D eigenvalue weighted by Gasteiger charge is 2.32. The number of ether oxygens (including phenoxy) is 1. The van der Waals surface area contributed by atoms with Crippen LogP contribution in [0.5, 0.6) is 11.5 Å². The van der Waals surface area contributed by atoms with E-state index in [4.69, 9.17) is 4.74 Å². The molecule has 5 heteroatoms. The Balaban J connectivity index is 1.67. The van der Waals surface area contributed by atoms with Gasteiger partial charge in [-0.3, -0.25) is 9.69 Å². The number of carbonyl (C=O) groups excluding carboxylic acids is 1. The van der Waals surface area contributed by atoms with Crippen LogP contribution in [0.2, 0.25) is 0 Å². The average molecular weight is 425 g/mol. The molecule has 0 saturated carbocycles. The summed E-state index contributed by atoms with van der Waals surface area (Å²) in [5.41, 5.74) is 2.17. The van der Waals surface area contributed by atoms with Gasteiger partial charge >= 0.3 is 0 Å². The lowest BCUT2D eigenvalue weighted by Crippen LogP contribution is -2.48. The van der Waals surface area contributed by atoms with Crippen LogP contribution < -0.4 is 4.74 Å². The van der Waals surface area contributed by atoms with Gasteiger partial charge in [-0.05, 0) is 62.0 Å². The molecule has 0 spiro atoms. The van der Waals surface area contributed by atoms with E-state index in [-0.39, 0.29) is 17.9 Å². The second-order valence-corrected chi connectivity index (χ2v) is 8.97. The minimum Gasteiger partial charge on any atom is -0.508 e. The molecule has 168 valence electrons. The Labute approximate surface area is 186 Å². The fourth-order valence-electron chi connectivity index (χ4n) is 4.60. The van der Waals surface area contributed by atoms with E-state index in [1.165, 1.54) is 5.56 Å². The maximum Gasteiger partial charge on any atom is 0.225 e. The van der Waals surface area contributed by atoms with Gasteiger partial charge in [0.05, 0.1) is 7.11 Å². The van der Waals surface area contributed by atoms with Gasteiger partial charge in [-0.15, -0.1) is 0 Å². The van der Waals surface area contributed by atoms with E-state index in [1.807, 2.05) is 37.9 Å². The Bertz CT molecular complexity index is 845. The van der Waals surface area contributed by atoms with Gasteiger partial charge in [0.25, 0.3) is 0 Å². The standard InChI is InChI=1S/C26H36N2O3/c1-19(2)26(30)27(3)24(16-20-8-6-5-7-9-20)21-12-14-28(15-13-21)18-22-17-23(31-4)10-11-25(22)29/h5-11,17,19,21,24,29H,12-16,18H2,1-4H3/t24-/m0/s1. The summed E-state index contributed by atoms with van der Waals surface area (Å²) >= 11 is 0. The van der Waals surface area contributed by atoms with Crippen molar-refractivity contribution in [2.45, 2.75) is 45.7 Å². The van der Waals surface area contributed by atoms with E-state index in [1.54, 1.807) is 19.2 Å². The molecule has 1 heterocycles. The highest BCUT2D eigenvalue weighted by molar-refractivity contribution is 5.78. The minimum atomic E-state index is -0.000557. The van der Waals surface area contributed by atoms with Gasteiger partial charge in [0.1, 0.15) is 11.5 Å². The number of piperidine rings is 1. The largest absolute Gasteiger partial charge is 0.508 e. The number of phenolic OH excluding ortho intramolecular Hbond substituents is 1. The third-order valence-electron chi connectivity index (χ3n) is 6.48. The molecule has 1 atom stereocenters. The maximum absolute atomic E-state index is 12.8. The number of methoxy groups -OCH3 is 1. The zero-order chi connectivity index (χ0) is 22.4. The summed E-state index contributed by atoms with van der Waals surface area (Å²) in [6, 6.07) is 16.1. The number of aromatic hydroxyl groups is 1. The molecule has 0 unspecified atom stereocenters. The smallest absolute Gasteiger partial charge is 0.225 e. The zero-order valence-corrected chi connectivity index (χ0v) is 19.3. The highest BCUT2D eigenvalue weighted by atomic mass is 16.5. The predicted molar refractivity (Wildman–Crippen MR) is 124 cm³/mol. The van der Waals surface area contributed by atoms with Gasteiger partial charge < -0.3 is 14.7 Å². The van der Waals surface area contributed by atoms with Crippen LogP contribution in [0.25, 0.3) is 0 Å². The monoisotopic (exact) mass is 424 g/mol. The van der Waals surface area contributed by atoms with E-state index in [0.29, 0.717) is 18.2 Å². The second kappa shape index (κ2) is 10.7. The van der Waals surface area contributed by atoms with Crippen LogP contribution in [0.1, 0.15) is 37.8 Å². The number of hydrogen-bond acceptors (Lipinski definition) is 4. The summed E-state index contributed by atoms with van der Waals surface area (Å²) in [7, 11) is 3.61. The Hall–Kier alpha value is -2.53. The molecule has 0 radical (unpaired) electrons. The quantitative estimate of drug-likeness (QED) is 0.685. The van der Waals surface area contributed by atoms with Gasteiger partial charge in [-0.2, -0.15) is 0 Å². The van der Waals surface area contributed by atoms with Crippen LogP contribution in [-0.4, -0.2) is 54.1 Å². The molecule has 31 heavy (non-hydrogen) atoms. The van der Waals surface area contributed by atoms with Crippen LogP contribution in [0.15, 0.2) is 48.5 Å². The number of rotatable bonds is 8. The molecule has 1 fully saturated rings. The summed E-state index contributed by atoms with van der Waals surface area (Å²) in [5, 5.41) is 10.2. The lowest BCUT2D eigenvalue weighted by atomic mass is 9.84. The Morgan fingerprint density at radius 2 is 1.84 bits per heavy atom. The number of likely N-dealkylation sites (N-methyl/N-ethyl adjacent to an activating group) is 1. The Morgan fingerprint density at radius 1 is 1.16 bits per heavy atom. The molecule has 1 saturated heterocycles. The van der Waals surface area contributed by atoms with Crippen molar-refractivity contribution < 1.29 is 14.6 Å². The molecule has 0 aromatic heterocycles. The van der Waals surface area contributed by atoms with Crippen LogP contribution in [0.4, 0.5) is 0 Å². The summed E-state index contributed by atoms with van der Waals surface area (Å²) < 4.78 is 5.31. The van der Waals surface area contributed by atoms with Crippen molar-refractivity contribution in [1.82, 2.24) is 9.80 Å². The fraction of sp³-hybridized carbons (Fsp3) is 0.500.